The van der Waals surface area contributed by atoms with Crippen molar-refractivity contribution in [2.24, 2.45) is 5.92 Å². The van der Waals surface area contributed by atoms with Crippen molar-refractivity contribution in [1.29, 1.82) is 0 Å². The fourth-order valence-electron chi connectivity index (χ4n) is 6.15. The van der Waals surface area contributed by atoms with Crippen LogP contribution in [0.15, 0.2) is 60.8 Å². The Kier molecular flexibility index (Phi) is 8.74. The Hall–Kier alpha value is -4.18. The van der Waals surface area contributed by atoms with Crippen molar-refractivity contribution in [3.63, 3.8) is 0 Å². The Morgan fingerprint density at radius 2 is 1.86 bits per heavy atom. The van der Waals surface area contributed by atoms with Crippen molar-refractivity contribution in [2.45, 2.75) is 63.8 Å². The number of hydrogen-bond acceptors (Lipinski definition) is 8. The molecule has 0 bridgehead atoms. The van der Waals surface area contributed by atoms with Crippen LogP contribution >= 0.6 is 0 Å². The average molecular weight is 586 g/mol. The molecule has 4 heterocycles. The molecule has 10 heteroatoms. The first-order valence-corrected chi connectivity index (χ1v) is 15.3. The predicted molar refractivity (Wildman–Crippen MR) is 162 cm³/mol. The highest BCUT2D eigenvalue weighted by Crippen LogP contribution is 2.42. The molecule has 2 N–H and O–H groups in total. The summed E-state index contributed by atoms with van der Waals surface area (Å²) >= 11 is 0. The number of pyridine rings is 2. The smallest absolute Gasteiger partial charge is 0.410 e. The summed E-state index contributed by atoms with van der Waals surface area (Å²) in [5.41, 5.74) is 3.34. The zero-order valence-corrected chi connectivity index (χ0v) is 24.5. The lowest BCUT2D eigenvalue weighted by molar-refractivity contribution is 0.0917. The number of benzene rings is 1. The number of aromatic nitrogens is 2. The molecule has 3 aromatic rings. The molecule has 2 aliphatic heterocycles. The average Bonchev–Trinajstić information content (AvgIpc) is 3.78. The van der Waals surface area contributed by atoms with Gasteiger partial charge < -0.3 is 29.7 Å². The van der Waals surface area contributed by atoms with Crippen LogP contribution in [0.2, 0.25) is 0 Å². The third-order valence-corrected chi connectivity index (χ3v) is 8.50. The van der Waals surface area contributed by atoms with E-state index < -0.39 is 0 Å². The molecule has 3 aliphatic rings. The highest BCUT2D eigenvalue weighted by molar-refractivity contribution is 5.99. The van der Waals surface area contributed by atoms with Crippen molar-refractivity contribution in [1.82, 2.24) is 20.2 Å². The summed E-state index contributed by atoms with van der Waals surface area (Å²) < 4.78 is 11.3. The lowest BCUT2D eigenvalue weighted by atomic mass is 9.94. The first-order valence-electron chi connectivity index (χ1n) is 15.3. The van der Waals surface area contributed by atoms with E-state index in [1.807, 2.05) is 61.5 Å². The van der Waals surface area contributed by atoms with Gasteiger partial charge in [0.1, 0.15) is 6.61 Å². The summed E-state index contributed by atoms with van der Waals surface area (Å²) in [5.74, 6) is 0.691. The van der Waals surface area contributed by atoms with Crippen LogP contribution in [0.1, 0.15) is 55.1 Å². The van der Waals surface area contributed by atoms with Gasteiger partial charge in [0, 0.05) is 37.9 Å². The number of carbonyl (C=O) groups excluding carboxylic acids is 2. The number of hydrogen-bond donors (Lipinski definition) is 2. The highest BCUT2D eigenvalue weighted by Gasteiger charge is 2.40. The number of ether oxygens (including phenoxy) is 2. The van der Waals surface area contributed by atoms with Crippen molar-refractivity contribution in [3.05, 3.63) is 72.1 Å². The molecule has 1 aromatic carbocycles. The number of rotatable bonds is 9. The normalized spacial score (nSPS) is 21.9. The number of aliphatic hydroxyl groups is 1. The summed E-state index contributed by atoms with van der Waals surface area (Å²) in [7, 11) is 0. The Balaban J connectivity index is 1.22. The van der Waals surface area contributed by atoms with Gasteiger partial charge in [-0.1, -0.05) is 30.3 Å². The molecular weight excluding hydrogens is 546 g/mol. The van der Waals surface area contributed by atoms with E-state index in [0.29, 0.717) is 74.3 Å². The second kappa shape index (κ2) is 13.0. The number of likely N-dealkylation sites (tertiary alicyclic amines) is 1. The van der Waals surface area contributed by atoms with E-state index in [2.05, 4.69) is 15.2 Å². The highest BCUT2D eigenvalue weighted by atomic mass is 16.6. The third-order valence-electron chi connectivity index (χ3n) is 8.50. The van der Waals surface area contributed by atoms with E-state index in [1.54, 1.807) is 11.1 Å². The quantitative estimate of drug-likeness (QED) is 0.379. The minimum atomic E-state index is -0.388. The van der Waals surface area contributed by atoms with Crippen LogP contribution in [0.25, 0.3) is 11.3 Å². The Labute approximate surface area is 252 Å². The van der Waals surface area contributed by atoms with Gasteiger partial charge in [-0.25, -0.2) is 14.8 Å². The van der Waals surface area contributed by atoms with Gasteiger partial charge in [-0.3, -0.25) is 4.79 Å². The lowest BCUT2D eigenvalue weighted by Gasteiger charge is -2.40. The number of nitrogens with zero attached hydrogens (tertiary/aromatic N) is 4. The molecule has 0 unspecified atom stereocenters. The van der Waals surface area contributed by atoms with Crippen LogP contribution in [0.4, 0.5) is 10.5 Å². The minimum Gasteiger partial charge on any atom is -0.477 e. The molecule has 0 radical (unpaired) electrons. The van der Waals surface area contributed by atoms with Crippen molar-refractivity contribution < 1.29 is 24.2 Å². The maximum absolute atomic E-state index is 14.0. The molecule has 2 saturated heterocycles. The second-order valence-electron chi connectivity index (χ2n) is 11.6. The number of aliphatic hydroxyl groups excluding tert-OH is 1. The van der Waals surface area contributed by atoms with E-state index in [4.69, 9.17) is 14.5 Å². The number of carbonyl (C=O) groups is 2. The van der Waals surface area contributed by atoms with Crippen LogP contribution in [0.5, 0.6) is 5.88 Å². The van der Waals surface area contributed by atoms with Crippen LogP contribution in [0.3, 0.4) is 0 Å². The van der Waals surface area contributed by atoms with Gasteiger partial charge in [-0.2, -0.15) is 0 Å². The molecule has 1 aliphatic carbocycles. The SMILES string of the molecule is CCOc1ncccc1-c1ccc(N2CC[C@@H](O)C[C@@H]2C2CC2)c(C(=O)N[C@@H]2CCN(C(=O)OCc3ccccc3)C2)n1. The summed E-state index contributed by atoms with van der Waals surface area (Å²) in [6.45, 7) is 4.09. The van der Waals surface area contributed by atoms with Crippen LogP contribution in [-0.2, 0) is 11.3 Å². The molecule has 0 spiro atoms. The van der Waals surface area contributed by atoms with Gasteiger partial charge in [0.15, 0.2) is 5.69 Å². The molecule has 10 nitrogen and oxygen atoms in total. The van der Waals surface area contributed by atoms with E-state index in [1.165, 1.54) is 0 Å². The fraction of sp³-hybridized carbons (Fsp3) is 0.455. The van der Waals surface area contributed by atoms with E-state index >= 15 is 0 Å². The monoisotopic (exact) mass is 585 g/mol. The van der Waals surface area contributed by atoms with Gasteiger partial charge in [0.25, 0.3) is 5.91 Å². The summed E-state index contributed by atoms with van der Waals surface area (Å²) in [6.07, 6.45) is 5.17. The number of piperidine rings is 1. The second-order valence-corrected chi connectivity index (χ2v) is 11.6. The summed E-state index contributed by atoms with van der Waals surface area (Å²) in [5, 5.41) is 13.6. The summed E-state index contributed by atoms with van der Waals surface area (Å²) in [4.78, 5) is 39.9. The topological polar surface area (TPSA) is 117 Å². The number of nitrogens with one attached hydrogen (secondary N) is 1. The molecular formula is C33H39N5O5. The van der Waals surface area contributed by atoms with Gasteiger partial charge in [-0.05, 0) is 74.8 Å². The van der Waals surface area contributed by atoms with E-state index in [0.717, 1.165) is 24.1 Å². The van der Waals surface area contributed by atoms with Crippen molar-refractivity contribution in [2.75, 3.05) is 31.1 Å². The predicted octanol–water partition coefficient (Wildman–Crippen LogP) is 4.42. The van der Waals surface area contributed by atoms with Crippen molar-refractivity contribution >= 4 is 17.7 Å². The summed E-state index contributed by atoms with van der Waals surface area (Å²) in [6, 6.07) is 17.1. The largest absolute Gasteiger partial charge is 0.477 e. The van der Waals surface area contributed by atoms with Crippen LogP contribution in [0, 0.1) is 5.92 Å². The molecule has 43 heavy (non-hydrogen) atoms. The Morgan fingerprint density at radius 3 is 2.65 bits per heavy atom. The minimum absolute atomic E-state index is 0.168. The first-order chi connectivity index (χ1) is 21.0. The molecule has 3 fully saturated rings. The molecule has 226 valence electrons. The van der Waals surface area contributed by atoms with Crippen LogP contribution in [-0.4, -0.2) is 76.4 Å². The number of anilines is 1. The van der Waals surface area contributed by atoms with E-state index in [-0.39, 0.29) is 36.8 Å². The lowest BCUT2D eigenvalue weighted by Crippen LogP contribution is -2.47. The molecule has 2 aromatic heterocycles. The number of amides is 2. The van der Waals surface area contributed by atoms with Crippen LogP contribution < -0.4 is 15.0 Å². The van der Waals surface area contributed by atoms with Gasteiger partial charge >= 0.3 is 6.09 Å². The third kappa shape index (κ3) is 6.74. The fourth-order valence-corrected chi connectivity index (χ4v) is 6.15. The molecule has 3 atom stereocenters. The van der Waals surface area contributed by atoms with E-state index in [9.17, 15) is 14.7 Å². The van der Waals surface area contributed by atoms with Crippen molar-refractivity contribution in [3.8, 4) is 17.1 Å². The Bertz CT molecular complexity index is 1430. The first kappa shape index (κ1) is 28.9. The van der Waals surface area contributed by atoms with Gasteiger partial charge in [-0.15, -0.1) is 0 Å². The van der Waals surface area contributed by atoms with Gasteiger partial charge in [0.2, 0.25) is 5.88 Å². The Morgan fingerprint density at radius 1 is 1.02 bits per heavy atom. The van der Waals surface area contributed by atoms with Gasteiger partial charge in [0.05, 0.1) is 29.7 Å². The molecule has 1 saturated carbocycles. The zero-order valence-electron chi connectivity index (χ0n) is 24.5. The molecule has 2 amide bonds. The maximum Gasteiger partial charge on any atom is 0.410 e. The standard InChI is InChI=1S/C33H39N5O5/c1-2-42-32-26(9-6-16-34-32)27-12-13-28(38-18-15-25(39)19-29(38)23-10-11-23)30(36-27)31(40)35-24-14-17-37(20-24)33(41)43-21-22-7-4-3-5-8-22/h3-9,12-13,16,23-25,29,39H,2,10-11,14-15,17-21H2,1H3,(H,35,40)/t24-,25-,29-/m1/s1. The molecule has 6 rings (SSSR count). The maximum atomic E-state index is 14.0. The zero-order chi connectivity index (χ0) is 29.8.